The second-order valence-corrected chi connectivity index (χ2v) is 6.08. The van der Waals surface area contributed by atoms with E-state index in [1.165, 1.54) is 10.4 Å². The summed E-state index contributed by atoms with van der Waals surface area (Å²) < 4.78 is 0.880. The van der Waals surface area contributed by atoms with Gasteiger partial charge >= 0.3 is 0 Å². The van der Waals surface area contributed by atoms with Crippen LogP contribution in [0.1, 0.15) is 12.5 Å². The van der Waals surface area contributed by atoms with Crippen LogP contribution >= 0.6 is 15.9 Å². The number of amides is 1. The lowest BCUT2D eigenvalue weighted by atomic mass is 10.1. The molecule has 6 nitrogen and oxygen atoms in total. The van der Waals surface area contributed by atoms with Gasteiger partial charge in [-0.2, -0.15) is 4.80 Å². The van der Waals surface area contributed by atoms with Crippen LogP contribution in [-0.4, -0.2) is 26.1 Å². The summed E-state index contributed by atoms with van der Waals surface area (Å²) in [6, 6.07) is 15.4. The molecule has 0 saturated heterocycles. The molecule has 1 aromatic heterocycles. The van der Waals surface area contributed by atoms with Crippen molar-refractivity contribution in [3.05, 3.63) is 58.6 Å². The zero-order valence-electron chi connectivity index (χ0n) is 13.1. The van der Waals surface area contributed by atoms with Crippen LogP contribution in [0, 0.1) is 0 Å². The predicted molar refractivity (Wildman–Crippen MR) is 95.4 cm³/mol. The third-order valence-electron chi connectivity index (χ3n) is 3.47. The molecule has 0 aliphatic heterocycles. The highest BCUT2D eigenvalue weighted by Crippen LogP contribution is 2.24. The molecule has 3 rings (SSSR count). The number of aryl methyl sites for hydroxylation is 1. The first kappa shape index (κ1) is 16.3. The van der Waals surface area contributed by atoms with E-state index in [0.717, 1.165) is 22.1 Å². The van der Waals surface area contributed by atoms with E-state index >= 15 is 0 Å². The molecule has 2 aromatic carbocycles. The number of nitrogens with one attached hydrogen (secondary N) is 1. The van der Waals surface area contributed by atoms with Gasteiger partial charge in [0.15, 0.2) is 0 Å². The van der Waals surface area contributed by atoms with Gasteiger partial charge < -0.3 is 5.32 Å². The molecule has 0 unspecified atom stereocenters. The number of halogens is 1. The average molecular weight is 386 g/mol. The summed E-state index contributed by atoms with van der Waals surface area (Å²) in [6.07, 6.45) is 0.920. The van der Waals surface area contributed by atoms with Crippen molar-refractivity contribution in [1.82, 2.24) is 20.2 Å². The Kier molecular flexibility index (Phi) is 5.00. The maximum atomic E-state index is 12.1. The predicted octanol–water partition coefficient (Wildman–Crippen LogP) is 3.30. The van der Waals surface area contributed by atoms with E-state index in [9.17, 15) is 4.79 Å². The van der Waals surface area contributed by atoms with Gasteiger partial charge in [0.1, 0.15) is 6.54 Å². The van der Waals surface area contributed by atoms with Gasteiger partial charge in [0.25, 0.3) is 0 Å². The number of carbonyl (C=O) groups is 1. The van der Waals surface area contributed by atoms with Gasteiger partial charge in [-0.1, -0.05) is 47.1 Å². The number of aromatic nitrogens is 4. The number of hydrogen-bond acceptors (Lipinski definition) is 4. The normalized spacial score (nSPS) is 10.6. The Morgan fingerprint density at radius 2 is 2.04 bits per heavy atom. The van der Waals surface area contributed by atoms with Crippen molar-refractivity contribution in [2.24, 2.45) is 0 Å². The number of carbonyl (C=O) groups excluding carboxylic acids is 1. The SMILES string of the molecule is CCc1cccc(NC(=O)Cn2nnc(-c3ccccc3Br)n2)c1. The van der Waals surface area contributed by atoms with Crippen LogP contribution in [-0.2, 0) is 17.8 Å². The largest absolute Gasteiger partial charge is 0.324 e. The quantitative estimate of drug-likeness (QED) is 0.730. The Morgan fingerprint density at radius 1 is 1.21 bits per heavy atom. The van der Waals surface area contributed by atoms with Crippen molar-refractivity contribution in [2.75, 3.05) is 5.32 Å². The van der Waals surface area contributed by atoms with Gasteiger partial charge in [0.05, 0.1) is 0 Å². The Labute approximate surface area is 148 Å². The lowest BCUT2D eigenvalue weighted by molar-refractivity contribution is -0.117. The van der Waals surface area contributed by atoms with E-state index in [4.69, 9.17) is 0 Å². The van der Waals surface area contributed by atoms with Crippen LogP contribution in [0.5, 0.6) is 0 Å². The summed E-state index contributed by atoms with van der Waals surface area (Å²) in [4.78, 5) is 13.4. The summed E-state index contributed by atoms with van der Waals surface area (Å²) in [5.74, 6) is 0.280. The first-order valence-corrected chi connectivity index (χ1v) is 8.36. The monoisotopic (exact) mass is 385 g/mol. The molecule has 0 radical (unpaired) electrons. The fourth-order valence-electron chi connectivity index (χ4n) is 2.26. The summed E-state index contributed by atoms with van der Waals surface area (Å²) in [5.41, 5.74) is 2.77. The van der Waals surface area contributed by atoms with Crippen LogP contribution in [0.4, 0.5) is 5.69 Å². The van der Waals surface area contributed by atoms with E-state index in [0.29, 0.717) is 5.82 Å². The Hall–Kier alpha value is -2.54. The molecule has 0 spiro atoms. The molecule has 24 heavy (non-hydrogen) atoms. The summed E-state index contributed by atoms with van der Waals surface area (Å²) in [5, 5.41) is 15.1. The molecule has 0 bridgehead atoms. The smallest absolute Gasteiger partial charge is 0.248 e. The van der Waals surface area contributed by atoms with Crippen molar-refractivity contribution in [3.8, 4) is 11.4 Å². The molecule has 1 heterocycles. The lowest BCUT2D eigenvalue weighted by Crippen LogP contribution is -2.20. The molecule has 0 atom stereocenters. The highest BCUT2D eigenvalue weighted by Gasteiger charge is 2.11. The van der Waals surface area contributed by atoms with Gasteiger partial charge in [-0.3, -0.25) is 4.79 Å². The van der Waals surface area contributed by atoms with Gasteiger partial charge in [0.2, 0.25) is 11.7 Å². The number of nitrogens with zero attached hydrogens (tertiary/aromatic N) is 4. The van der Waals surface area contributed by atoms with E-state index in [-0.39, 0.29) is 12.5 Å². The summed E-state index contributed by atoms with van der Waals surface area (Å²) >= 11 is 3.45. The second-order valence-electron chi connectivity index (χ2n) is 5.23. The average Bonchev–Trinajstić information content (AvgIpc) is 3.03. The van der Waals surface area contributed by atoms with Gasteiger partial charge in [-0.25, -0.2) is 0 Å². The van der Waals surface area contributed by atoms with E-state index in [1.54, 1.807) is 0 Å². The van der Waals surface area contributed by atoms with Crippen molar-refractivity contribution >= 4 is 27.5 Å². The number of rotatable bonds is 5. The third kappa shape index (κ3) is 3.86. The molecular formula is C17H16BrN5O. The number of benzene rings is 2. The standard InChI is InChI=1S/C17H16BrN5O/c1-2-12-6-5-7-13(10-12)19-16(24)11-23-21-17(20-22-23)14-8-3-4-9-15(14)18/h3-10H,2,11H2,1H3,(H,19,24). The van der Waals surface area contributed by atoms with Crippen molar-refractivity contribution < 1.29 is 4.79 Å². The summed E-state index contributed by atoms with van der Waals surface area (Å²) in [7, 11) is 0. The lowest BCUT2D eigenvalue weighted by Gasteiger charge is -2.06. The van der Waals surface area contributed by atoms with E-state index < -0.39 is 0 Å². The fourth-order valence-corrected chi connectivity index (χ4v) is 2.72. The van der Waals surface area contributed by atoms with Gasteiger partial charge in [-0.05, 0) is 41.5 Å². The van der Waals surface area contributed by atoms with Crippen LogP contribution in [0.2, 0.25) is 0 Å². The second kappa shape index (κ2) is 7.35. The zero-order valence-corrected chi connectivity index (χ0v) is 14.7. The number of tetrazole rings is 1. The molecule has 1 amide bonds. The first-order valence-electron chi connectivity index (χ1n) is 7.57. The van der Waals surface area contributed by atoms with Crippen LogP contribution < -0.4 is 5.32 Å². The van der Waals surface area contributed by atoms with E-state index in [1.807, 2.05) is 48.5 Å². The molecule has 3 aromatic rings. The number of hydrogen-bond donors (Lipinski definition) is 1. The number of anilines is 1. The molecule has 7 heteroatoms. The topological polar surface area (TPSA) is 72.7 Å². The minimum Gasteiger partial charge on any atom is -0.324 e. The molecule has 0 aliphatic carbocycles. The maximum Gasteiger partial charge on any atom is 0.248 e. The molecule has 0 aliphatic rings. The van der Waals surface area contributed by atoms with Gasteiger partial charge in [-0.15, -0.1) is 10.2 Å². The van der Waals surface area contributed by atoms with Crippen molar-refractivity contribution in [2.45, 2.75) is 19.9 Å². The van der Waals surface area contributed by atoms with Crippen LogP contribution in [0.15, 0.2) is 53.0 Å². The van der Waals surface area contributed by atoms with Crippen LogP contribution in [0.25, 0.3) is 11.4 Å². The highest BCUT2D eigenvalue weighted by molar-refractivity contribution is 9.10. The highest BCUT2D eigenvalue weighted by atomic mass is 79.9. The van der Waals surface area contributed by atoms with Crippen molar-refractivity contribution in [3.63, 3.8) is 0 Å². The van der Waals surface area contributed by atoms with Crippen molar-refractivity contribution in [1.29, 1.82) is 0 Å². The molecular weight excluding hydrogens is 370 g/mol. The zero-order chi connectivity index (χ0) is 16.9. The minimum absolute atomic E-state index is 0.00774. The van der Waals surface area contributed by atoms with E-state index in [2.05, 4.69) is 43.6 Å². The maximum absolute atomic E-state index is 12.1. The van der Waals surface area contributed by atoms with Crippen LogP contribution in [0.3, 0.4) is 0 Å². The molecule has 122 valence electrons. The Balaban J connectivity index is 1.68. The molecule has 0 saturated carbocycles. The minimum atomic E-state index is -0.195. The molecule has 0 fully saturated rings. The molecule has 1 N–H and O–H groups in total. The summed E-state index contributed by atoms with van der Waals surface area (Å²) in [6.45, 7) is 2.08. The fraction of sp³-hybridized carbons (Fsp3) is 0.176. The Bertz CT molecular complexity index is 861. The first-order chi connectivity index (χ1) is 11.7. The third-order valence-corrected chi connectivity index (χ3v) is 4.16. The Morgan fingerprint density at radius 3 is 2.83 bits per heavy atom. The van der Waals surface area contributed by atoms with Gasteiger partial charge in [0, 0.05) is 15.7 Å².